The van der Waals surface area contributed by atoms with Crippen molar-refractivity contribution in [3.63, 3.8) is 0 Å². The van der Waals surface area contributed by atoms with Gasteiger partial charge in [-0.1, -0.05) is 12.1 Å². The largest absolute Gasteiger partial charge is 0.385 e. The monoisotopic (exact) mass is 322 g/mol. The van der Waals surface area contributed by atoms with Gasteiger partial charge < -0.3 is 15.0 Å². The minimum Gasteiger partial charge on any atom is -0.385 e. The van der Waals surface area contributed by atoms with Crippen LogP contribution in [-0.4, -0.2) is 44.0 Å². The lowest BCUT2D eigenvalue weighted by molar-refractivity contribution is -0.141. The first kappa shape index (κ1) is 17.4. The van der Waals surface area contributed by atoms with Crippen LogP contribution in [0.3, 0.4) is 0 Å². The number of benzene rings is 1. The highest BCUT2D eigenvalue weighted by molar-refractivity contribution is 5.84. The van der Waals surface area contributed by atoms with Crippen LogP contribution in [0.1, 0.15) is 30.9 Å². The molecule has 0 saturated carbocycles. The van der Waals surface area contributed by atoms with Gasteiger partial charge in [-0.3, -0.25) is 9.59 Å². The van der Waals surface area contributed by atoms with E-state index in [1.54, 1.807) is 31.2 Å². The van der Waals surface area contributed by atoms with E-state index in [4.69, 9.17) is 4.74 Å². The minimum absolute atomic E-state index is 0.0253. The van der Waals surface area contributed by atoms with Crippen molar-refractivity contribution in [2.45, 2.75) is 25.3 Å². The Labute approximate surface area is 135 Å². The number of ether oxygens (including phenoxy) is 1. The van der Waals surface area contributed by atoms with E-state index >= 15 is 0 Å². The number of rotatable bonds is 6. The second kappa shape index (κ2) is 8.06. The van der Waals surface area contributed by atoms with Crippen molar-refractivity contribution in [1.82, 2.24) is 10.2 Å². The summed E-state index contributed by atoms with van der Waals surface area (Å²) in [5.41, 5.74) is 0.651. The molecule has 1 saturated heterocycles. The summed E-state index contributed by atoms with van der Waals surface area (Å²) < 4.78 is 18.5. The number of piperidine rings is 1. The zero-order valence-corrected chi connectivity index (χ0v) is 13.5. The van der Waals surface area contributed by atoms with Crippen LogP contribution in [0.5, 0.6) is 0 Å². The number of carbonyl (C=O) groups excluding carboxylic acids is 2. The second-order valence-corrected chi connectivity index (χ2v) is 5.79. The van der Waals surface area contributed by atoms with E-state index in [2.05, 4.69) is 5.32 Å². The molecule has 23 heavy (non-hydrogen) atoms. The molecule has 0 aliphatic carbocycles. The van der Waals surface area contributed by atoms with Crippen LogP contribution in [0, 0.1) is 11.7 Å². The number of amides is 2. The molecule has 1 heterocycles. The normalized spacial score (nSPS) is 21.3. The summed E-state index contributed by atoms with van der Waals surface area (Å²) in [5.74, 6) is -0.868. The number of carbonyl (C=O) groups is 2. The number of hydrogen-bond acceptors (Lipinski definition) is 3. The van der Waals surface area contributed by atoms with Gasteiger partial charge in [0, 0.05) is 33.7 Å². The highest BCUT2D eigenvalue weighted by Crippen LogP contribution is 2.36. The molecule has 126 valence electrons. The number of hydrogen-bond donors (Lipinski definition) is 1. The van der Waals surface area contributed by atoms with Crippen LogP contribution >= 0.6 is 0 Å². The Bertz CT molecular complexity index is 565. The van der Waals surface area contributed by atoms with Gasteiger partial charge in [0.1, 0.15) is 5.82 Å². The number of methoxy groups -OCH3 is 1. The van der Waals surface area contributed by atoms with Gasteiger partial charge in [-0.05, 0) is 30.5 Å². The molecule has 0 bridgehead atoms. The highest BCUT2D eigenvalue weighted by atomic mass is 19.1. The fourth-order valence-electron chi connectivity index (χ4n) is 3.02. The summed E-state index contributed by atoms with van der Waals surface area (Å²) in [6.07, 6.45) is 1.54. The summed E-state index contributed by atoms with van der Waals surface area (Å²) in [7, 11) is 3.28. The average molecular weight is 322 g/mol. The second-order valence-electron chi connectivity index (χ2n) is 5.79. The fraction of sp³-hybridized carbons (Fsp3) is 0.529. The first-order valence-corrected chi connectivity index (χ1v) is 7.82. The highest BCUT2D eigenvalue weighted by Gasteiger charge is 2.38. The van der Waals surface area contributed by atoms with E-state index in [1.807, 2.05) is 0 Å². The molecular weight excluding hydrogens is 299 g/mol. The third-order valence-electron chi connectivity index (χ3n) is 4.21. The molecule has 1 fully saturated rings. The van der Waals surface area contributed by atoms with Gasteiger partial charge >= 0.3 is 0 Å². The van der Waals surface area contributed by atoms with Crippen molar-refractivity contribution in [2.75, 3.05) is 27.3 Å². The van der Waals surface area contributed by atoms with E-state index in [0.717, 1.165) is 6.42 Å². The summed E-state index contributed by atoms with van der Waals surface area (Å²) in [5, 5.41) is 2.89. The maximum Gasteiger partial charge on any atom is 0.225 e. The predicted octanol–water partition coefficient (Wildman–Crippen LogP) is 1.89. The average Bonchev–Trinajstić information content (AvgIpc) is 2.53. The lowest BCUT2D eigenvalue weighted by Gasteiger charge is -2.38. The Morgan fingerprint density at radius 3 is 2.96 bits per heavy atom. The van der Waals surface area contributed by atoms with E-state index in [9.17, 15) is 14.0 Å². The standard InChI is InChI=1S/C17H23FN2O3/c1-20-15(21)8-7-14(17(22)19-9-4-10-23-2)16(20)12-5-3-6-13(18)11-12/h3,5-6,11,14,16H,4,7-10H2,1-2H3,(H,19,22)/t14-,16+/m1/s1. The molecule has 1 N–H and O–H groups in total. The van der Waals surface area contributed by atoms with Crippen LogP contribution < -0.4 is 5.32 Å². The van der Waals surface area contributed by atoms with E-state index < -0.39 is 6.04 Å². The smallest absolute Gasteiger partial charge is 0.225 e. The molecule has 6 heteroatoms. The molecule has 2 atom stereocenters. The van der Waals surface area contributed by atoms with Crippen LogP contribution in [0.25, 0.3) is 0 Å². The van der Waals surface area contributed by atoms with Crippen LogP contribution in [0.4, 0.5) is 4.39 Å². The molecular formula is C17H23FN2O3. The van der Waals surface area contributed by atoms with Gasteiger partial charge in [0.2, 0.25) is 11.8 Å². The van der Waals surface area contributed by atoms with E-state index in [-0.39, 0.29) is 23.5 Å². The zero-order chi connectivity index (χ0) is 16.8. The Morgan fingerprint density at radius 1 is 1.48 bits per heavy atom. The summed E-state index contributed by atoms with van der Waals surface area (Å²) in [4.78, 5) is 26.1. The Hall–Kier alpha value is -1.95. The number of likely N-dealkylation sites (tertiary alicyclic amines) is 1. The third kappa shape index (κ3) is 4.28. The SMILES string of the molecule is COCCCNC(=O)[C@@H]1CCC(=O)N(C)[C@H]1c1cccc(F)c1. The molecule has 0 spiro atoms. The molecule has 2 amide bonds. The Balaban J connectivity index is 2.15. The van der Waals surface area contributed by atoms with Crippen molar-refractivity contribution in [1.29, 1.82) is 0 Å². The lowest BCUT2D eigenvalue weighted by Crippen LogP contribution is -2.46. The Kier molecular flexibility index (Phi) is 6.10. The van der Waals surface area contributed by atoms with Gasteiger partial charge in [-0.2, -0.15) is 0 Å². The van der Waals surface area contributed by atoms with Gasteiger partial charge in [-0.15, -0.1) is 0 Å². The molecule has 1 aliphatic rings. The first-order valence-electron chi connectivity index (χ1n) is 7.82. The topological polar surface area (TPSA) is 58.6 Å². The van der Waals surface area contributed by atoms with E-state index in [0.29, 0.717) is 31.6 Å². The molecule has 0 unspecified atom stereocenters. The molecule has 0 aromatic heterocycles. The van der Waals surface area contributed by atoms with Crippen molar-refractivity contribution in [3.8, 4) is 0 Å². The predicted molar refractivity (Wildman–Crippen MR) is 84.1 cm³/mol. The van der Waals surface area contributed by atoms with Crippen LogP contribution in [0.2, 0.25) is 0 Å². The molecule has 5 nitrogen and oxygen atoms in total. The third-order valence-corrected chi connectivity index (χ3v) is 4.21. The van der Waals surface area contributed by atoms with Crippen molar-refractivity contribution >= 4 is 11.8 Å². The molecule has 0 radical (unpaired) electrons. The molecule has 1 aliphatic heterocycles. The quantitative estimate of drug-likeness (QED) is 0.814. The van der Waals surface area contributed by atoms with Crippen molar-refractivity contribution < 1.29 is 18.7 Å². The maximum absolute atomic E-state index is 13.5. The first-order chi connectivity index (χ1) is 11.0. The Morgan fingerprint density at radius 2 is 2.26 bits per heavy atom. The zero-order valence-electron chi connectivity index (χ0n) is 13.5. The number of nitrogens with zero attached hydrogens (tertiary/aromatic N) is 1. The summed E-state index contributed by atoms with van der Waals surface area (Å²) >= 11 is 0. The molecule has 2 rings (SSSR count). The summed E-state index contributed by atoms with van der Waals surface area (Å²) in [6.45, 7) is 1.10. The molecule has 1 aromatic rings. The van der Waals surface area contributed by atoms with Gasteiger partial charge in [0.05, 0.1) is 12.0 Å². The van der Waals surface area contributed by atoms with Crippen LogP contribution in [0.15, 0.2) is 24.3 Å². The van der Waals surface area contributed by atoms with Gasteiger partial charge in [0.25, 0.3) is 0 Å². The lowest BCUT2D eigenvalue weighted by atomic mass is 9.84. The summed E-state index contributed by atoms with van der Waals surface area (Å²) in [6, 6.07) is 5.67. The van der Waals surface area contributed by atoms with E-state index in [1.165, 1.54) is 12.1 Å². The van der Waals surface area contributed by atoms with Crippen LogP contribution in [-0.2, 0) is 14.3 Å². The van der Waals surface area contributed by atoms with Gasteiger partial charge in [-0.25, -0.2) is 4.39 Å². The van der Waals surface area contributed by atoms with Crippen molar-refractivity contribution in [3.05, 3.63) is 35.6 Å². The maximum atomic E-state index is 13.5. The fourth-order valence-corrected chi connectivity index (χ4v) is 3.02. The van der Waals surface area contributed by atoms with Crippen molar-refractivity contribution in [2.24, 2.45) is 5.92 Å². The number of halogens is 1. The van der Waals surface area contributed by atoms with Gasteiger partial charge in [0.15, 0.2) is 0 Å². The molecule has 1 aromatic carbocycles. The minimum atomic E-state index is -0.436. The number of nitrogens with one attached hydrogen (secondary N) is 1.